The molecule has 0 atom stereocenters. The van der Waals surface area contributed by atoms with Gasteiger partial charge in [0.15, 0.2) is 0 Å². The van der Waals surface area contributed by atoms with Crippen LogP contribution < -0.4 is 0 Å². The van der Waals surface area contributed by atoms with Crippen molar-refractivity contribution < 1.29 is 196 Å². The van der Waals surface area contributed by atoms with Crippen LogP contribution in [0.15, 0.2) is 370 Å². The summed E-state index contributed by atoms with van der Waals surface area (Å²) in [6.45, 7) is 74.8. The molecule has 12 aromatic rings. The number of fused-ring (bicyclic) bond motifs is 1. The fourth-order valence-electron chi connectivity index (χ4n) is 6.03. The summed E-state index contributed by atoms with van der Waals surface area (Å²) >= 11 is 0. The van der Waals surface area contributed by atoms with Gasteiger partial charge >= 0.3 is 0 Å². The third kappa shape index (κ3) is 220. The van der Waals surface area contributed by atoms with Gasteiger partial charge in [-0.1, -0.05) is 623 Å². The van der Waals surface area contributed by atoms with Gasteiger partial charge in [-0.25, -0.2) is 0 Å². The van der Waals surface area contributed by atoms with E-state index >= 15 is 0 Å². The molecule has 0 unspecified atom stereocenters. The summed E-state index contributed by atoms with van der Waals surface area (Å²) in [4.78, 5) is 0. The van der Waals surface area contributed by atoms with Crippen LogP contribution in [0.25, 0.3) is 10.8 Å². The summed E-state index contributed by atoms with van der Waals surface area (Å²) in [5.74, 6) is 0. The zero-order valence-corrected chi connectivity index (χ0v) is 110. The van der Waals surface area contributed by atoms with E-state index in [1.165, 1.54) is 56.1 Å². The van der Waals surface area contributed by atoms with Crippen molar-refractivity contribution in [1.29, 1.82) is 0 Å². The molecule has 0 aliphatic heterocycles. The summed E-state index contributed by atoms with van der Waals surface area (Å²) < 4.78 is 0. The minimum Gasteiger partial charge on any atom is -0.358 e. The smallest absolute Gasteiger partial charge is 0 e. The van der Waals surface area contributed by atoms with E-state index in [9.17, 15) is 0 Å². The van der Waals surface area contributed by atoms with Gasteiger partial charge in [0.1, 0.15) is 0 Å². The average Bonchev–Trinajstić information content (AvgIpc) is 0.872. The van der Waals surface area contributed by atoms with Crippen molar-refractivity contribution in [3.05, 3.63) is 498 Å². The molecule has 12 aromatic carbocycles. The van der Waals surface area contributed by atoms with E-state index in [-0.39, 0.29) is 285 Å². The molecular weight excluding hydrogens is 1970 g/mol. The third-order valence-corrected chi connectivity index (χ3v) is 10.2. The number of rotatable bonds is 0. The molecule has 0 nitrogen and oxygen atoms in total. The molecule has 0 aliphatic carbocycles. The standard InChI is InChI=1S/C10H8.7C7H8.3C6H6.C3H8.14C2H6.12CH3.6Y/c1-2-6-10-8-4-3-7-9(10)5-1;7*1-7-5-3-2-4-6-7;3*1-2-4-6-5-3-1;1-3-2;14*1-2;;;;;;;;;;;;;;;;;;/h1-8H;7*2-6H,1H3;3*1-6H;3H2,1-2H3;14*1-2H3;12*1H3;;;;;;/q;;;;;;;;;;;;;;;;;;;;;;;;;;12*-1;;;;;;. The summed E-state index contributed by atoms with van der Waals surface area (Å²) in [6.07, 6.45) is 1.25. The largest absolute Gasteiger partial charge is 0.358 e. The predicted octanol–water partition coefficient (Wildman–Crippen LogP) is 43.0. The van der Waals surface area contributed by atoms with Gasteiger partial charge in [0.05, 0.1) is 0 Å². The van der Waals surface area contributed by atoms with Gasteiger partial charge in [-0.05, 0) is 59.2 Å². The van der Waals surface area contributed by atoms with Gasteiger partial charge in [-0.3, -0.25) is 0 Å². The van der Waals surface area contributed by atoms with Crippen LogP contribution in [-0.4, -0.2) is 0 Å². The number of benzene rings is 12. The van der Waals surface area contributed by atoms with E-state index in [1.54, 1.807) is 0 Å². The van der Waals surface area contributed by atoms with E-state index in [4.69, 9.17) is 0 Å². The minimum atomic E-state index is 0. The van der Waals surface area contributed by atoms with Crippen LogP contribution in [0.4, 0.5) is 0 Å². The van der Waals surface area contributed by atoms with Crippen molar-refractivity contribution in [3.63, 3.8) is 0 Å². The van der Waals surface area contributed by atoms with Crippen molar-refractivity contribution >= 4 is 10.8 Å². The van der Waals surface area contributed by atoms with Crippen LogP contribution in [0, 0.1) is 138 Å². The fraction of sp³-hybridized carbons (Fsp3) is 0.317. The molecule has 6 radical (unpaired) electrons. The van der Waals surface area contributed by atoms with Crippen molar-refractivity contribution in [2.24, 2.45) is 0 Å². The SMILES string of the molecule is CC.CC.CC.CC.CC.CC.CC.CC.CC.CC.CC.CC.CC.CC.CCC.Cc1ccccc1.Cc1ccccc1.Cc1ccccc1.Cc1ccccc1.Cc1ccccc1.Cc1ccccc1.Cc1ccccc1.[CH3-].[CH3-].[CH3-].[CH3-].[CH3-].[CH3-].[CH3-].[CH3-].[CH3-].[CH3-].[CH3-].[CH3-].[Y].[Y].[Y].[Y].[Y].[Y].c1ccc2ccccc2c1.c1ccccc1.c1ccccc1.c1ccccc1. The van der Waals surface area contributed by atoms with Crippen LogP contribution in [0.5, 0.6) is 0 Å². The first-order chi connectivity index (χ1) is 53.1. The average molecular weight is 2190 g/mol. The predicted molar refractivity (Wildman–Crippen MR) is 593 cm³/mol. The molecule has 720 valence electrons. The molecule has 0 N–H and O–H groups in total. The molecule has 12 rings (SSSR count). The maximum atomic E-state index is 2.12. The molecule has 0 aromatic heterocycles. The Morgan fingerprint density at radius 2 is 0.159 bits per heavy atom. The zero-order chi connectivity index (χ0) is 86.0. The molecule has 0 amide bonds. The summed E-state index contributed by atoms with van der Waals surface area (Å²) in [5.41, 5.74) is 9.25. The van der Waals surface area contributed by atoms with E-state index in [0.29, 0.717) is 0 Å². The summed E-state index contributed by atoms with van der Waals surface area (Å²) in [5, 5.41) is 2.62. The van der Waals surface area contributed by atoms with Gasteiger partial charge in [0, 0.05) is 196 Å². The quantitative estimate of drug-likeness (QED) is 0.133. The number of hydrogen-bond acceptors (Lipinski definition) is 0. The van der Waals surface area contributed by atoms with E-state index in [2.05, 4.69) is 196 Å². The molecule has 0 bridgehead atoms. The molecule has 6 heteroatoms. The normalized spacial score (nSPS) is 6.13. The van der Waals surface area contributed by atoms with E-state index < -0.39 is 0 Å². The summed E-state index contributed by atoms with van der Waals surface area (Å²) in [7, 11) is 0. The number of aryl methyl sites for hydroxylation is 7. The van der Waals surface area contributed by atoms with Crippen molar-refractivity contribution in [2.45, 2.75) is 263 Å². The van der Waals surface area contributed by atoms with Gasteiger partial charge in [-0.15, -0.1) is 0 Å². The second kappa shape index (κ2) is 242. The molecule has 0 spiro atoms. The molecule has 126 heavy (non-hydrogen) atoms. The molecule has 0 fully saturated rings. The second-order valence-corrected chi connectivity index (χ2v) is 18.1. The molecule has 0 saturated carbocycles. The first kappa shape index (κ1) is 221. The Kier molecular flexibility index (Phi) is 425. The van der Waals surface area contributed by atoms with Crippen molar-refractivity contribution in [3.8, 4) is 0 Å². The van der Waals surface area contributed by atoms with Crippen LogP contribution in [0.1, 0.15) is 253 Å². The Morgan fingerprint density at radius 3 is 0.206 bits per heavy atom. The third-order valence-electron chi connectivity index (χ3n) is 10.2. The van der Waals surface area contributed by atoms with Gasteiger partial charge in [0.2, 0.25) is 0 Å². The molecule has 0 saturated heterocycles. The van der Waals surface area contributed by atoms with Crippen LogP contribution in [0.3, 0.4) is 0 Å². The Morgan fingerprint density at radius 1 is 0.111 bits per heavy atom. The topological polar surface area (TPSA) is 0 Å². The second-order valence-electron chi connectivity index (χ2n) is 18.1. The zero-order valence-electron chi connectivity index (χ0n) is 92.9. The van der Waals surface area contributed by atoms with Gasteiger partial charge < -0.3 is 89.1 Å². The Labute approximate surface area is 954 Å². The minimum absolute atomic E-state index is 0. The van der Waals surface area contributed by atoms with Crippen molar-refractivity contribution in [1.82, 2.24) is 0 Å². The fourth-order valence-corrected chi connectivity index (χ4v) is 6.03. The summed E-state index contributed by atoms with van der Waals surface area (Å²) in [6, 6.07) is 125. The Hall–Kier alpha value is -2.48. The monoisotopic (exact) mass is 2190 g/mol. The van der Waals surface area contributed by atoms with Crippen molar-refractivity contribution in [2.75, 3.05) is 0 Å². The van der Waals surface area contributed by atoms with Crippen LogP contribution in [0.2, 0.25) is 0 Å². The number of hydrogen-bond donors (Lipinski definition) is 0. The first-order valence-electron chi connectivity index (χ1n) is 41.7. The maximum Gasteiger partial charge on any atom is 0 e. The van der Waals surface area contributed by atoms with Crippen LogP contribution in [-0.2, 0) is 196 Å². The van der Waals surface area contributed by atoms with Crippen LogP contribution >= 0.6 is 0 Å². The molecular formula is C120H210Y6-12. The maximum absolute atomic E-state index is 2.12. The van der Waals surface area contributed by atoms with E-state index in [1.807, 2.05) is 430 Å². The molecule has 0 heterocycles. The molecule has 0 aliphatic rings. The first-order valence-corrected chi connectivity index (χ1v) is 41.7. The van der Waals surface area contributed by atoms with Gasteiger partial charge in [-0.2, -0.15) is 0 Å². The Bertz CT molecular complexity index is 2470. The van der Waals surface area contributed by atoms with E-state index in [0.717, 1.165) is 0 Å². The Balaban J connectivity index is -0.0000000246. The van der Waals surface area contributed by atoms with Gasteiger partial charge in [0.25, 0.3) is 0 Å².